The molecule has 1 aliphatic heterocycles. The van der Waals surface area contributed by atoms with Crippen molar-refractivity contribution in [2.45, 2.75) is 38.1 Å². The number of nitrogens with one attached hydrogen (secondary N) is 1. The van der Waals surface area contributed by atoms with Gasteiger partial charge in [-0.25, -0.2) is 0 Å². The Bertz CT molecular complexity index is 497. The van der Waals surface area contributed by atoms with Crippen molar-refractivity contribution in [3.8, 4) is 0 Å². The Morgan fingerprint density at radius 1 is 1.58 bits per heavy atom. The van der Waals surface area contributed by atoms with Crippen molar-refractivity contribution >= 4 is 21.8 Å². The zero-order valence-corrected chi connectivity index (χ0v) is 12.6. The number of likely N-dealkylation sites (tertiary alicyclic amines) is 1. The van der Waals surface area contributed by atoms with Crippen molar-refractivity contribution in [2.75, 3.05) is 13.1 Å². The fourth-order valence-electron chi connectivity index (χ4n) is 2.86. The molecule has 5 nitrogen and oxygen atoms in total. The second-order valence-electron chi connectivity index (χ2n) is 5.72. The first-order valence-corrected chi connectivity index (χ1v) is 7.66. The summed E-state index contributed by atoms with van der Waals surface area (Å²) in [6, 6.07) is 0.244. The monoisotopic (exact) mass is 326 g/mol. The number of halogens is 1. The lowest BCUT2D eigenvalue weighted by Gasteiger charge is -2.20. The summed E-state index contributed by atoms with van der Waals surface area (Å²) < 4.78 is 0.850. The molecule has 1 saturated carbocycles. The van der Waals surface area contributed by atoms with Gasteiger partial charge in [0.15, 0.2) is 5.69 Å². The van der Waals surface area contributed by atoms with Gasteiger partial charge in [-0.3, -0.25) is 9.89 Å². The number of aromatic nitrogens is 2. The van der Waals surface area contributed by atoms with E-state index in [1.165, 1.54) is 12.8 Å². The van der Waals surface area contributed by atoms with Gasteiger partial charge < -0.3 is 10.6 Å². The molecule has 1 aromatic heterocycles. The van der Waals surface area contributed by atoms with Crippen molar-refractivity contribution in [3.05, 3.63) is 15.9 Å². The van der Waals surface area contributed by atoms with Gasteiger partial charge in [0.05, 0.1) is 10.2 Å². The maximum Gasteiger partial charge on any atom is 0.275 e. The standard InChI is InChI=1S/C13H19BrN4O/c1-7-4-8(5-15)6-18(7)13(19)12-10(14)11(16-17-12)9-2-3-9/h7-9H,2-6,15H2,1H3,(H,16,17). The summed E-state index contributed by atoms with van der Waals surface area (Å²) in [6.07, 6.45) is 3.35. The van der Waals surface area contributed by atoms with Gasteiger partial charge in [0.25, 0.3) is 5.91 Å². The molecule has 0 spiro atoms. The minimum Gasteiger partial charge on any atom is -0.334 e. The topological polar surface area (TPSA) is 75.0 Å². The second kappa shape index (κ2) is 4.90. The van der Waals surface area contributed by atoms with Crippen LogP contribution in [0, 0.1) is 5.92 Å². The molecule has 0 aromatic carbocycles. The molecule has 19 heavy (non-hydrogen) atoms. The van der Waals surface area contributed by atoms with Gasteiger partial charge in [-0.15, -0.1) is 0 Å². The summed E-state index contributed by atoms with van der Waals surface area (Å²) in [5, 5.41) is 7.22. The van der Waals surface area contributed by atoms with Crippen LogP contribution in [-0.4, -0.2) is 40.1 Å². The van der Waals surface area contributed by atoms with Crippen molar-refractivity contribution in [2.24, 2.45) is 11.7 Å². The van der Waals surface area contributed by atoms with Gasteiger partial charge in [-0.2, -0.15) is 5.10 Å². The maximum atomic E-state index is 12.6. The lowest BCUT2D eigenvalue weighted by Crippen LogP contribution is -2.34. The Morgan fingerprint density at radius 3 is 2.89 bits per heavy atom. The number of rotatable bonds is 3. The number of nitrogens with two attached hydrogens (primary N) is 1. The Balaban J connectivity index is 1.80. The SMILES string of the molecule is CC1CC(CN)CN1C(=O)c1n[nH]c(C2CC2)c1Br. The zero-order chi connectivity index (χ0) is 13.6. The number of carbonyl (C=O) groups is 1. The van der Waals surface area contributed by atoms with E-state index in [0.29, 0.717) is 24.1 Å². The summed E-state index contributed by atoms with van der Waals surface area (Å²) >= 11 is 3.53. The third-order valence-electron chi connectivity index (χ3n) is 4.18. The molecule has 3 N–H and O–H groups in total. The van der Waals surface area contributed by atoms with Gasteiger partial charge in [-0.1, -0.05) is 0 Å². The highest BCUT2D eigenvalue weighted by molar-refractivity contribution is 9.10. The van der Waals surface area contributed by atoms with E-state index in [2.05, 4.69) is 33.1 Å². The molecule has 104 valence electrons. The maximum absolute atomic E-state index is 12.6. The highest BCUT2D eigenvalue weighted by atomic mass is 79.9. The summed E-state index contributed by atoms with van der Waals surface area (Å²) in [5.74, 6) is 0.981. The van der Waals surface area contributed by atoms with Crippen molar-refractivity contribution < 1.29 is 4.79 Å². The van der Waals surface area contributed by atoms with E-state index in [0.717, 1.165) is 23.1 Å². The van der Waals surface area contributed by atoms with Gasteiger partial charge in [0, 0.05) is 18.5 Å². The van der Waals surface area contributed by atoms with Crippen LogP contribution in [-0.2, 0) is 0 Å². The highest BCUT2D eigenvalue weighted by Gasteiger charge is 2.36. The van der Waals surface area contributed by atoms with E-state index in [1.54, 1.807) is 0 Å². The minimum atomic E-state index is 0.0125. The molecule has 0 bridgehead atoms. The van der Waals surface area contributed by atoms with Crippen molar-refractivity contribution in [1.29, 1.82) is 0 Å². The lowest BCUT2D eigenvalue weighted by atomic mass is 10.1. The third kappa shape index (κ3) is 2.31. The van der Waals surface area contributed by atoms with Crippen LogP contribution in [0.4, 0.5) is 0 Å². The summed E-state index contributed by atoms with van der Waals surface area (Å²) in [5.41, 5.74) is 7.30. The lowest BCUT2D eigenvalue weighted by molar-refractivity contribution is 0.0736. The predicted octanol–water partition coefficient (Wildman–Crippen LogP) is 1.86. The van der Waals surface area contributed by atoms with Gasteiger partial charge in [0.2, 0.25) is 0 Å². The van der Waals surface area contributed by atoms with E-state index in [4.69, 9.17) is 5.73 Å². The highest BCUT2D eigenvalue weighted by Crippen LogP contribution is 2.43. The smallest absolute Gasteiger partial charge is 0.275 e. The largest absolute Gasteiger partial charge is 0.334 e. The molecule has 2 atom stereocenters. The molecule has 1 aliphatic carbocycles. The number of aromatic amines is 1. The van der Waals surface area contributed by atoms with Gasteiger partial charge in [0.1, 0.15) is 0 Å². The summed E-state index contributed by atoms with van der Waals surface area (Å²) in [6.45, 7) is 3.47. The molecule has 2 fully saturated rings. The molecular weight excluding hydrogens is 308 g/mol. The van der Waals surface area contributed by atoms with Crippen molar-refractivity contribution in [1.82, 2.24) is 15.1 Å². The summed E-state index contributed by atoms with van der Waals surface area (Å²) in [7, 11) is 0. The van der Waals surface area contributed by atoms with Crippen LogP contribution >= 0.6 is 15.9 Å². The average molecular weight is 327 g/mol. The number of amides is 1. The zero-order valence-electron chi connectivity index (χ0n) is 11.0. The van der Waals surface area contributed by atoms with Gasteiger partial charge in [-0.05, 0) is 54.6 Å². The predicted molar refractivity (Wildman–Crippen MR) is 75.9 cm³/mol. The molecule has 1 saturated heterocycles. The molecule has 1 aromatic rings. The quantitative estimate of drug-likeness (QED) is 0.890. The fourth-order valence-corrected chi connectivity index (χ4v) is 3.53. The molecule has 3 rings (SSSR count). The Morgan fingerprint density at radius 2 is 2.32 bits per heavy atom. The van der Waals surface area contributed by atoms with Crippen LogP contribution in [0.5, 0.6) is 0 Å². The molecule has 1 amide bonds. The molecule has 2 heterocycles. The minimum absolute atomic E-state index is 0.0125. The van der Waals surface area contributed by atoms with Crippen LogP contribution in [0.3, 0.4) is 0 Å². The number of carbonyl (C=O) groups excluding carboxylic acids is 1. The molecule has 6 heteroatoms. The van der Waals surface area contributed by atoms with Crippen molar-refractivity contribution in [3.63, 3.8) is 0 Å². The molecular formula is C13H19BrN4O. The van der Waals surface area contributed by atoms with E-state index in [-0.39, 0.29) is 11.9 Å². The normalized spacial score (nSPS) is 27.0. The van der Waals surface area contributed by atoms with Crippen LogP contribution in [0.15, 0.2) is 4.47 Å². The number of hydrogen-bond donors (Lipinski definition) is 2. The fraction of sp³-hybridized carbons (Fsp3) is 0.692. The van der Waals surface area contributed by atoms with Crippen LogP contribution in [0.25, 0.3) is 0 Å². The van der Waals surface area contributed by atoms with E-state index in [9.17, 15) is 4.79 Å². The molecule has 2 unspecified atom stereocenters. The molecule has 0 radical (unpaired) electrons. The van der Waals surface area contributed by atoms with Gasteiger partial charge >= 0.3 is 0 Å². The summed E-state index contributed by atoms with van der Waals surface area (Å²) in [4.78, 5) is 14.5. The van der Waals surface area contributed by atoms with E-state index < -0.39 is 0 Å². The first kappa shape index (κ1) is 13.1. The molecule has 2 aliphatic rings. The van der Waals surface area contributed by atoms with Crippen LogP contribution < -0.4 is 5.73 Å². The Labute approximate surface area is 121 Å². The number of H-pyrrole nitrogens is 1. The average Bonchev–Trinajstić information content (AvgIpc) is 3.06. The second-order valence-corrected chi connectivity index (χ2v) is 6.51. The third-order valence-corrected chi connectivity index (χ3v) is 4.98. The number of nitrogens with zero attached hydrogens (tertiary/aromatic N) is 2. The Hall–Kier alpha value is -0.880. The van der Waals surface area contributed by atoms with Crippen LogP contribution in [0.2, 0.25) is 0 Å². The number of hydrogen-bond acceptors (Lipinski definition) is 3. The van der Waals surface area contributed by atoms with E-state index in [1.807, 2.05) is 4.90 Å². The van der Waals surface area contributed by atoms with Crippen LogP contribution in [0.1, 0.15) is 48.3 Å². The Kier molecular flexibility index (Phi) is 3.39. The first-order chi connectivity index (χ1) is 9.11. The van der Waals surface area contributed by atoms with E-state index >= 15 is 0 Å². The first-order valence-electron chi connectivity index (χ1n) is 6.86.